The average molecular weight is 449 g/mol. The summed E-state index contributed by atoms with van der Waals surface area (Å²) in [7, 11) is 0. The lowest BCUT2D eigenvalue weighted by molar-refractivity contribution is -0.137. The fraction of sp³-hybridized carbons (Fsp3) is 0.429. The van der Waals surface area contributed by atoms with Crippen LogP contribution in [0.1, 0.15) is 55.6 Å². The van der Waals surface area contributed by atoms with Crippen molar-refractivity contribution in [1.82, 2.24) is 15.3 Å². The van der Waals surface area contributed by atoms with Crippen LogP contribution in [0, 0.1) is 0 Å². The Hall–Kier alpha value is -3.37. The number of anilines is 3. The van der Waals surface area contributed by atoms with Crippen molar-refractivity contribution in [1.29, 1.82) is 0 Å². The summed E-state index contributed by atoms with van der Waals surface area (Å²) in [6.07, 6.45) is 0.140. The number of fused-ring (bicyclic) bond motifs is 1. The number of aromatic nitrogens is 2. The zero-order chi connectivity index (χ0) is 22.9. The van der Waals surface area contributed by atoms with E-state index < -0.39 is 35.0 Å². The minimum atomic E-state index is -4.53. The number of benzene rings is 1. The van der Waals surface area contributed by atoms with Crippen LogP contribution in [0.15, 0.2) is 29.1 Å². The lowest BCUT2D eigenvalue weighted by atomic mass is 9.90. The van der Waals surface area contributed by atoms with Gasteiger partial charge in [-0.05, 0) is 31.0 Å². The van der Waals surface area contributed by atoms with Crippen LogP contribution < -0.4 is 21.5 Å². The van der Waals surface area contributed by atoms with Gasteiger partial charge in [-0.15, -0.1) is 0 Å². The van der Waals surface area contributed by atoms with E-state index in [4.69, 9.17) is 0 Å². The Morgan fingerprint density at radius 2 is 1.88 bits per heavy atom. The fourth-order valence-corrected chi connectivity index (χ4v) is 4.11. The Kier molecular flexibility index (Phi) is 5.90. The van der Waals surface area contributed by atoms with E-state index in [0.29, 0.717) is 0 Å². The van der Waals surface area contributed by atoms with Crippen molar-refractivity contribution in [2.45, 2.75) is 56.7 Å². The second-order valence-electron chi connectivity index (χ2n) is 8.03. The van der Waals surface area contributed by atoms with Crippen LogP contribution in [-0.2, 0) is 15.8 Å². The molecule has 4 N–H and O–H groups in total. The number of hydrogen-bond acceptors (Lipinski definition) is 5. The molecule has 11 heteroatoms. The number of hydrogen-bond donors (Lipinski definition) is 4. The second-order valence-corrected chi connectivity index (χ2v) is 8.03. The van der Waals surface area contributed by atoms with Gasteiger partial charge in [-0.1, -0.05) is 25.3 Å². The van der Waals surface area contributed by atoms with Gasteiger partial charge in [0.25, 0.3) is 5.56 Å². The van der Waals surface area contributed by atoms with E-state index in [0.717, 1.165) is 44.2 Å². The monoisotopic (exact) mass is 449 g/mol. The maximum Gasteiger partial charge on any atom is 0.416 e. The normalized spacial score (nSPS) is 19.1. The molecule has 1 aliphatic heterocycles. The Morgan fingerprint density at radius 1 is 1.12 bits per heavy atom. The van der Waals surface area contributed by atoms with E-state index in [2.05, 4.69) is 25.9 Å². The molecule has 4 rings (SSSR count). The van der Waals surface area contributed by atoms with E-state index in [9.17, 15) is 27.6 Å². The van der Waals surface area contributed by atoms with Crippen LogP contribution in [0.3, 0.4) is 0 Å². The van der Waals surface area contributed by atoms with Crippen LogP contribution in [0.2, 0.25) is 0 Å². The first-order chi connectivity index (χ1) is 15.2. The standard InChI is InChI=1S/C21H22F3N5O3/c22-21(23,24)11-5-4-8-13(9-11)26-20-28-17-16(19(32)29-20)14(10-15(30)27-17)18(31)25-12-6-2-1-3-7-12/h4-5,8-9,12,14H,1-3,6-7,10H2,(H,25,31)(H3,26,27,28,29,30,32)/t14-/m0/s1. The molecule has 1 fully saturated rings. The van der Waals surface area contributed by atoms with Crippen molar-refractivity contribution in [3.63, 3.8) is 0 Å². The van der Waals surface area contributed by atoms with E-state index in [1.807, 2.05) is 0 Å². The first kappa shape index (κ1) is 21.8. The summed E-state index contributed by atoms with van der Waals surface area (Å²) in [6.45, 7) is 0. The molecular weight excluding hydrogens is 427 g/mol. The number of aromatic amines is 1. The van der Waals surface area contributed by atoms with E-state index in [1.54, 1.807) is 0 Å². The van der Waals surface area contributed by atoms with E-state index in [1.165, 1.54) is 12.1 Å². The van der Waals surface area contributed by atoms with Gasteiger partial charge >= 0.3 is 6.18 Å². The molecule has 8 nitrogen and oxygen atoms in total. The van der Waals surface area contributed by atoms with Crippen molar-refractivity contribution in [3.8, 4) is 0 Å². The van der Waals surface area contributed by atoms with Gasteiger partial charge in [0.2, 0.25) is 17.8 Å². The zero-order valence-electron chi connectivity index (χ0n) is 17.0. The lowest BCUT2D eigenvalue weighted by Gasteiger charge is -2.28. The lowest BCUT2D eigenvalue weighted by Crippen LogP contribution is -2.43. The Labute approximate surface area is 181 Å². The summed E-state index contributed by atoms with van der Waals surface area (Å²) >= 11 is 0. The van der Waals surface area contributed by atoms with Crippen molar-refractivity contribution in [2.24, 2.45) is 0 Å². The molecule has 0 bridgehead atoms. The topological polar surface area (TPSA) is 116 Å². The average Bonchev–Trinajstić information content (AvgIpc) is 2.73. The first-order valence-corrected chi connectivity index (χ1v) is 10.4. The van der Waals surface area contributed by atoms with Crippen LogP contribution in [0.4, 0.5) is 30.6 Å². The van der Waals surface area contributed by atoms with E-state index in [-0.39, 0.29) is 35.5 Å². The summed E-state index contributed by atoms with van der Waals surface area (Å²) in [5, 5.41) is 8.02. The predicted octanol–water partition coefficient (Wildman–Crippen LogP) is 3.41. The number of carbonyl (C=O) groups excluding carboxylic acids is 2. The van der Waals surface area contributed by atoms with Crippen LogP contribution in [-0.4, -0.2) is 27.8 Å². The zero-order valence-corrected chi connectivity index (χ0v) is 17.0. The van der Waals surface area contributed by atoms with Crippen molar-refractivity contribution in [2.75, 3.05) is 10.6 Å². The Bertz CT molecular complexity index is 1090. The number of amides is 2. The Morgan fingerprint density at radius 3 is 2.59 bits per heavy atom. The minimum absolute atomic E-state index is 0.0126. The maximum atomic E-state index is 12.9. The van der Waals surface area contributed by atoms with Crippen LogP contribution >= 0.6 is 0 Å². The first-order valence-electron chi connectivity index (χ1n) is 10.4. The molecule has 2 aliphatic rings. The second kappa shape index (κ2) is 8.64. The fourth-order valence-electron chi connectivity index (χ4n) is 4.11. The van der Waals surface area contributed by atoms with Crippen LogP contribution in [0.25, 0.3) is 0 Å². The summed E-state index contributed by atoms with van der Waals surface area (Å²) in [5.74, 6) is -2.09. The van der Waals surface area contributed by atoms with Gasteiger partial charge in [0.1, 0.15) is 5.82 Å². The van der Waals surface area contributed by atoms with Gasteiger partial charge < -0.3 is 16.0 Å². The van der Waals surface area contributed by atoms with Crippen molar-refractivity contribution < 1.29 is 22.8 Å². The molecule has 1 saturated carbocycles. The molecule has 0 unspecified atom stereocenters. The number of rotatable bonds is 4. The number of carbonyl (C=O) groups is 2. The molecule has 32 heavy (non-hydrogen) atoms. The quantitative estimate of drug-likeness (QED) is 0.571. The van der Waals surface area contributed by atoms with Gasteiger partial charge in [-0.2, -0.15) is 18.2 Å². The number of H-pyrrole nitrogens is 1. The molecule has 1 aliphatic carbocycles. The largest absolute Gasteiger partial charge is 0.416 e. The molecular formula is C21H22F3N5O3. The van der Waals surface area contributed by atoms with E-state index >= 15 is 0 Å². The molecule has 1 atom stereocenters. The third kappa shape index (κ3) is 4.76. The van der Waals surface area contributed by atoms with Crippen molar-refractivity contribution >= 4 is 29.3 Å². The van der Waals surface area contributed by atoms with Crippen LogP contribution in [0.5, 0.6) is 0 Å². The highest BCUT2D eigenvalue weighted by atomic mass is 19.4. The predicted molar refractivity (Wildman–Crippen MR) is 111 cm³/mol. The van der Waals surface area contributed by atoms with Gasteiger partial charge in [0, 0.05) is 18.2 Å². The smallest absolute Gasteiger partial charge is 0.353 e. The SMILES string of the molecule is O=C1C[C@H](C(=O)NC2CCCCC2)c2c(nc(Nc3cccc(C(F)(F)F)c3)[nH]c2=O)N1. The summed E-state index contributed by atoms with van der Waals surface area (Å²) < 4.78 is 38.8. The minimum Gasteiger partial charge on any atom is -0.353 e. The van der Waals surface area contributed by atoms with Gasteiger partial charge in [-0.25, -0.2) is 0 Å². The van der Waals surface area contributed by atoms with Gasteiger partial charge in [-0.3, -0.25) is 19.4 Å². The molecule has 0 spiro atoms. The number of alkyl halides is 3. The highest BCUT2D eigenvalue weighted by Crippen LogP contribution is 2.32. The third-order valence-electron chi connectivity index (χ3n) is 5.67. The molecule has 2 aromatic rings. The summed E-state index contributed by atoms with van der Waals surface area (Å²) in [5.41, 5.74) is -1.42. The van der Waals surface area contributed by atoms with Crippen molar-refractivity contribution in [3.05, 3.63) is 45.7 Å². The highest BCUT2D eigenvalue weighted by Gasteiger charge is 2.36. The summed E-state index contributed by atoms with van der Waals surface area (Å²) in [4.78, 5) is 44.4. The number of nitrogens with zero attached hydrogens (tertiary/aromatic N) is 1. The van der Waals surface area contributed by atoms with Gasteiger partial charge in [0.15, 0.2) is 0 Å². The molecule has 170 valence electrons. The van der Waals surface area contributed by atoms with Gasteiger partial charge in [0.05, 0.1) is 17.0 Å². The molecule has 0 saturated heterocycles. The number of halogens is 3. The molecule has 1 aromatic carbocycles. The summed E-state index contributed by atoms with van der Waals surface area (Å²) in [6, 6.07) is 4.41. The Balaban J connectivity index is 1.59. The third-order valence-corrected chi connectivity index (χ3v) is 5.67. The molecule has 2 heterocycles. The molecule has 0 radical (unpaired) electrons. The molecule has 2 amide bonds. The number of nitrogens with one attached hydrogen (secondary N) is 4. The highest BCUT2D eigenvalue weighted by molar-refractivity contribution is 6.00. The maximum absolute atomic E-state index is 12.9. The molecule has 1 aromatic heterocycles.